The van der Waals surface area contributed by atoms with Gasteiger partial charge in [-0.2, -0.15) is 9.49 Å². The number of fused-ring (bicyclic) bond motifs is 2. The molecule has 5 heterocycles. The summed E-state index contributed by atoms with van der Waals surface area (Å²) >= 11 is 1.49. The molecule has 31 heavy (non-hydrogen) atoms. The molecule has 0 amide bonds. The fourth-order valence-electron chi connectivity index (χ4n) is 3.89. The fourth-order valence-corrected chi connectivity index (χ4v) is 5.02. The second-order valence-corrected chi connectivity index (χ2v) is 8.33. The second kappa shape index (κ2) is 7.36. The molecule has 0 atom stereocenters. The van der Waals surface area contributed by atoms with E-state index in [4.69, 9.17) is 14.7 Å². The molecule has 0 radical (unpaired) electrons. The maximum absolute atomic E-state index is 14.4. The van der Waals surface area contributed by atoms with Gasteiger partial charge in [-0.05, 0) is 24.3 Å². The summed E-state index contributed by atoms with van der Waals surface area (Å²) in [5.74, 6) is 0.986. The van der Waals surface area contributed by atoms with Crippen LogP contribution in [-0.2, 0) is 4.74 Å². The van der Waals surface area contributed by atoms with Crippen LogP contribution in [0.15, 0.2) is 48.8 Å². The summed E-state index contributed by atoms with van der Waals surface area (Å²) in [4.78, 5) is 16.6. The number of benzene rings is 1. The number of ether oxygens (including phenoxy) is 1. The summed E-state index contributed by atoms with van der Waals surface area (Å²) in [7, 11) is 0. The summed E-state index contributed by atoms with van der Waals surface area (Å²) in [6, 6.07) is 11.3. The molecule has 1 N–H and O–H groups in total. The minimum absolute atomic E-state index is 0.469. The smallest absolute Gasteiger partial charge is 0.221 e. The van der Waals surface area contributed by atoms with Gasteiger partial charge >= 0.3 is 0 Å². The van der Waals surface area contributed by atoms with Crippen molar-refractivity contribution in [1.29, 1.82) is 0 Å². The summed E-state index contributed by atoms with van der Waals surface area (Å²) < 4.78 is 20.8. The number of anilines is 1. The number of H-pyrrole nitrogens is 1. The molecule has 1 saturated heterocycles. The fraction of sp³-hybridized carbons (Fsp3) is 0.182. The van der Waals surface area contributed by atoms with Gasteiger partial charge in [0.1, 0.15) is 0 Å². The van der Waals surface area contributed by atoms with E-state index < -0.39 is 5.95 Å². The highest BCUT2D eigenvalue weighted by Crippen LogP contribution is 2.39. The molecule has 4 aromatic heterocycles. The first kappa shape index (κ1) is 18.3. The Bertz CT molecular complexity index is 1410. The van der Waals surface area contributed by atoms with E-state index in [9.17, 15) is 4.39 Å². The van der Waals surface area contributed by atoms with Crippen LogP contribution in [0.25, 0.3) is 42.9 Å². The number of hydrogen-bond donors (Lipinski definition) is 1. The zero-order chi connectivity index (χ0) is 20.8. The molecule has 7 nitrogen and oxygen atoms in total. The molecule has 0 aliphatic carbocycles. The third-order valence-electron chi connectivity index (χ3n) is 5.41. The lowest BCUT2D eigenvalue weighted by Crippen LogP contribution is -2.36. The maximum Gasteiger partial charge on any atom is 0.221 e. The van der Waals surface area contributed by atoms with Crippen LogP contribution in [0.5, 0.6) is 0 Å². The first-order chi connectivity index (χ1) is 15.3. The van der Waals surface area contributed by atoms with Crippen LogP contribution in [0, 0.1) is 5.95 Å². The average molecular weight is 432 g/mol. The molecular weight excluding hydrogens is 415 g/mol. The molecule has 0 spiro atoms. The number of hydrogen-bond acceptors (Lipinski definition) is 7. The first-order valence-corrected chi connectivity index (χ1v) is 10.8. The van der Waals surface area contributed by atoms with E-state index in [1.165, 1.54) is 17.5 Å². The second-order valence-electron chi connectivity index (χ2n) is 7.27. The Morgan fingerprint density at radius 3 is 2.81 bits per heavy atom. The molecule has 1 fully saturated rings. The maximum atomic E-state index is 14.4. The largest absolute Gasteiger partial charge is 0.378 e. The molecule has 1 aromatic carbocycles. The van der Waals surface area contributed by atoms with Gasteiger partial charge in [0.05, 0.1) is 35.1 Å². The van der Waals surface area contributed by atoms with Gasteiger partial charge in [0.2, 0.25) is 5.95 Å². The zero-order valence-corrected chi connectivity index (χ0v) is 17.2. The van der Waals surface area contributed by atoms with Crippen LogP contribution >= 0.6 is 11.3 Å². The zero-order valence-electron chi connectivity index (χ0n) is 16.4. The van der Waals surface area contributed by atoms with Gasteiger partial charge in [-0.15, -0.1) is 11.3 Å². The number of thiophene rings is 1. The summed E-state index contributed by atoms with van der Waals surface area (Å²) in [6.45, 7) is 2.78. The molecule has 0 saturated carbocycles. The number of rotatable bonds is 3. The van der Waals surface area contributed by atoms with Crippen LogP contribution in [0.2, 0.25) is 0 Å². The Labute approximate surface area is 180 Å². The van der Waals surface area contributed by atoms with Crippen LogP contribution < -0.4 is 4.90 Å². The average Bonchev–Trinajstić information content (AvgIpc) is 3.46. The summed E-state index contributed by atoms with van der Waals surface area (Å²) in [6.07, 6.45) is 3.24. The van der Waals surface area contributed by atoms with Gasteiger partial charge in [-0.25, -0.2) is 15.0 Å². The third-order valence-corrected chi connectivity index (χ3v) is 6.57. The Balaban J connectivity index is 1.59. The van der Waals surface area contributed by atoms with Crippen molar-refractivity contribution in [3.63, 3.8) is 0 Å². The predicted molar refractivity (Wildman–Crippen MR) is 119 cm³/mol. The number of aromatic nitrogens is 5. The van der Waals surface area contributed by atoms with E-state index in [1.807, 2.05) is 24.3 Å². The Kier molecular flexibility index (Phi) is 4.36. The van der Waals surface area contributed by atoms with Crippen molar-refractivity contribution in [3.05, 3.63) is 54.7 Å². The van der Waals surface area contributed by atoms with E-state index >= 15 is 0 Å². The van der Waals surface area contributed by atoms with E-state index in [0.717, 1.165) is 50.5 Å². The number of nitrogens with one attached hydrogen (secondary N) is 1. The van der Waals surface area contributed by atoms with Crippen LogP contribution in [0.1, 0.15) is 0 Å². The van der Waals surface area contributed by atoms with E-state index in [0.29, 0.717) is 24.6 Å². The number of halogens is 1. The molecule has 6 rings (SSSR count). The van der Waals surface area contributed by atoms with Crippen molar-refractivity contribution in [1.82, 2.24) is 25.1 Å². The molecular formula is C22H17FN6OS. The number of pyridine rings is 1. The van der Waals surface area contributed by atoms with Crippen molar-refractivity contribution in [2.75, 3.05) is 31.2 Å². The molecule has 0 bridgehead atoms. The SMILES string of the molecule is Fc1ncccc1-c1cc2nc(-c3cccc4[nH]ncc34)nc(N3CCOCC3)c2s1. The van der Waals surface area contributed by atoms with Crippen LogP contribution in [0.4, 0.5) is 10.2 Å². The first-order valence-electron chi connectivity index (χ1n) is 9.95. The lowest BCUT2D eigenvalue weighted by molar-refractivity contribution is 0.122. The van der Waals surface area contributed by atoms with Crippen molar-refractivity contribution in [3.8, 4) is 21.8 Å². The lowest BCUT2D eigenvalue weighted by atomic mass is 10.1. The monoisotopic (exact) mass is 432 g/mol. The number of aromatic amines is 1. The normalized spacial score (nSPS) is 14.5. The molecule has 1 aliphatic heterocycles. The molecule has 0 unspecified atom stereocenters. The van der Waals surface area contributed by atoms with E-state index in [-0.39, 0.29) is 0 Å². The van der Waals surface area contributed by atoms with Gasteiger partial charge in [0.25, 0.3) is 0 Å². The minimum atomic E-state index is -0.488. The Morgan fingerprint density at radius 2 is 1.94 bits per heavy atom. The third kappa shape index (κ3) is 3.13. The lowest BCUT2D eigenvalue weighted by Gasteiger charge is -2.28. The highest BCUT2D eigenvalue weighted by Gasteiger charge is 2.22. The molecule has 1 aliphatic rings. The quantitative estimate of drug-likeness (QED) is 0.429. The van der Waals surface area contributed by atoms with Gasteiger partial charge in [-0.3, -0.25) is 5.10 Å². The summed E-state index contributed by atoms with van der Waals surface area (Å²) in [5, 5.41) is 8.12. The molecule has 154 valence electrons. The van der Waals surface area contributed by atoms with Crippen molar-refractivity contribution >= 4 is 38.3 Å². The van der Waals surface area contributed by atoms with Gasteiger partial charge in [0.15, 0.2) is 11.6 Å². The number of nitrogens with zero attached hydrogens (tertiary/aromatic N) is 5. The van der Waals surface area contributed by atoms with E-state index in [2.05, 4.69) is 20.1 Å². The van der Waals surface area contributed by atoms with Gasteiger partial charge in [-0.1, -0.05) is 12.1 Å². The molecule has 5 aromatic rings. The van der Waals surface area contributed by atoms with Crippen molar-refractivity contribution < 1.29 is 9.13 Å². The predicted octanol–water partition coefficient (Wildman–Crippen LogP) is 4.27. The Hall–Kier alpha value is -3.43. The topological polar surface area (TPSA) is 79.8 Å². The minimum Gasteiger partial charge on any atom is -0.378 e. The van der Waals surface area contributed by atoms with Crippen LogP contribution in [-0.4, -0.2) is 51.5 Å². The highest BCUT2D eigenvalue weighted by molar-refractivity contribution is 7.22. The summed E-state index contributed by atoms with van der Waals surface area (Å²) in [5.41, 5.74) is 3.09. The molecule has 9 heteroatoms. The Morgan fingerprint density at radius 1 is 1.06 bits per heavy atom. The number of morpholine rings is 1. The van der Waals surface area contributed by atoms with E-state index in [1.54, 1.807) is 18.3 Å². The standard InChI is InChI=1S/C22H17FN6OS/c23-20-14(4-2-6-24-20)18-11-17-19(31-18)22(29-7-9-30-10-8-29)27-21(26-17)13-3-1-5-16-15(13)12-25-28-16/h1-6,11-12H,7-10H2,(H,25,28). The van der Waals surface area contributed by atoms with Gasteiger partial charge < -0.3 is 9.64 Å². The highest BCUT2D eigenvalue weighted by atomic mass is 32.1. The van der Waals surface area contributed by atoms with Crippen molar-refractivity contribution in [2.45, 2.75) is 0 Å². The van der Waals surface area contributed by atoms with Gasteiger partial charge in [0, 0.05) is 40.7 Å². The van der Waals surface area contributed by atoms with Crippen LogP contribution in [0.3, 0.4) is 0 Å². The van der Waals surface area contributed by atoms with Crippen molar-refractivity contribution in [2.24, 2.45) is 0 Å².